The van der Waals surface area contributed by atoms with Gasteiger partial charge in [-0.2, -0.15) is 0 Å². The zero-order valence-corrected chi connectivity index (χ0v) is 10.8. The first-order chi connectivity index (χ1) is 9.19. The molecule has 0 saturated carbocycles. The van der Waals surface area contributed by atoms with Crippen LogP contribution in [0.4, 0.5) is 4.39 Å². The Morgan fingerprint density at radius 2 is 1.95 bits per heavy atom. The summed E-state index contributed by atoms with van der Waals surface area (Å²) in [6, 6.07) is 6.15. The second-order valence-corrected chi connectivity index (χ2v) is 4.75. The zero-order valence-electron chi connectivity index (χ0n) is 10.8. The standard InChI is InChI=1S/C14H19FN2O2/c15-12-3-1-11(2-4-12)14(5-9-19-10-6-14)13(18)17-8-7-16/h1-4H,5-10,16H2,(H,17,18). The van der Waals surface area contributed by atoms with Crippen LogP contribution in [-0.2, 0) is 14.9 Å². The average Bonchev–Trinajstić information content (AvgIpc) is 2.46. The van der Waals surface area contributed by atoms with Gasteiger partial charge in [-0.15, -0.1) is 0 Å². The van der Waals surface area contributed by atoms with Crippen molar-refractivity contribution in [3.63, 3.8) is 0 Å². The summed E-state index contributed by atoms with van der Waals surface area (Å²) in [5.41, 5.74) is 5.63. The van der Waals surface area contributed by atoms with Crippen molar-refractivity contribution in [2.24, 2.45) is 5.73 Å². The predicted octanol–water partition coefficient (Wildman–Crippen LogP) is 0.949. The van der Waals surface area contributed by atoms with E-state index < -0.39 is 5.41 Å². The molecular formula is C14H19FN2O2. The fraction of sp³-hybridized carbons (Fsp3) is 0.500. The van der Waals surface area contributed by atoms with Gasteiger partial charge in [0.05, 0.1) is 5.41 Å². The zero-order chi connectivity index (χ0) is 13.7. The monoisotopic (exact) mass is 266 g/mol. The molecule has 1 fully saturated rings. The van der Waals surface area contributed by atoms with Crippen LogP contribution in [0, 0.1) is 5.82 Å². The van der Waals surface area contributed by atoms with Crippen LogP contribution in [0.2, 0.25) is 0 Å². The SMILES string of the molecule is NCCNC(=O)C1(c2ccc(F)cc2)CCOCC1. The lowest BCUT2D eigenvalue weighted by atomic mass is 9.73. The third kappa shape index (κ3) is 2.93. The number of carbonyl (C=O) groups excluding carboxylic acids is 1. The van der Waals surface area contributed by atoms with Gasteiger partial charge in [0.2, 0.25) is 5.91 Å². The van der Waals surface area contributed by atoms with Gasteiger partial charge < -0.3 is 15.8 Å². The molecule has 1 amide bonds. The molecule has 1 aromatic rings. The average molecular weight is 266 g/mol. The predicted molar refractivity (Wildman–Crippen MR) is 70.2 cm³/mol. The van der Waals surface area contributed by atoms with Crippen LogP contribution >= 0.6 is 0 Å². The molecule has 3 N–H and O–H groups in total. The van der Waals surface area contributed by atoms with Gasteiger partial charge in [-0.25, -0.2) is 4.39 Å². The van der Waals surface area contributed by atoms with Crippen molar-refractivity contribution in [2.45, 2.75) is 18.3 Å². The van der Waals surface area contributed by atoms with Gasteiger partial charge >= 0.3 is 0 Å². The molecule has 4 nitrogen and oxygen atoms in total. The highest BCUT2D eigenvalue weighted by molar-refractivity contribution is 5.88. The van der Waals surface area contributed by atoms with Crippen LogP contribution in [0.15, 0.2) is 24.3 Å². The molecule has 0 spiro atoms. The van der Waals surface area contributed by atoms with Crippen molar-refractivity contribution in [1.82, 2.24) is 5.32 Å². The number of rotatable bonds is 4. The summed E-state index contributed by atoms with van der Waals surface area (Å²) < 4.78 is 18.4. The number of carbonyl (C=O) groups is 1. The summed E-state index contributed by atoms with van der Waals surface area (Å²) in [6.07, 6.45) is 1.21. The Balaban J connectivity index is 2.28. The maximum atomic E-state index is 13.0. The first-order valence-corrected chi connectivity index (χ1v) is 6.51. The van der Waals surface area contributed by atoms with Crippen molar-refractivity contribution in [3.8, 4) is 0 Å². The van der Waals surface area contributed by atoms with Crippen molar-refractivity contribution in [1.29, 1.82) is 0 Å². The molecule has 0 atom stereocenters. The quantitative estimate of drug-likeness (QED) is 0.852. The highest BCUT2D eigenvalue weighted by Crippen LogP contribution is 2.35. The Hall–Kier alpha value is -1.46. The normalized spacial score (nSPS) is 18.0. The molecule has 1 aliphatic heterocycles. The van der Waals surface area contributed by atoms with Crippen molar-refractivity contribution < 1.29 is 13.9 Å². The van der Waals surface area contributed by atoms with Gasteiger partial charge in [0, 0.05) is 26.3 Å². The first-order valence-electron chi connectivity index (χ1n) is 6.51. The molecular weight excluding hydrogens is 247 g/mol. The van der Waals surface area contributed by atoms with E-state index in [1.807, 2.05) is 0 Å². The van der Waals surface area contributed by atoms with Crippen molar-refractivity contribution in [2.75, 3.05) is 26.3 Å². The first kappa shape index (κ1) is 14.0. The van der Waals surface area contributed by atoms with Crippen LogP contribution in [-0.4, -0.2) is 32.2 Å². The van der Waals surface area contributed by atoms with Crippen LogP contribution < -0.4 is 11.1 Å². The van der Waals surface area contributed by atoms with E-state index in [-0.39, 0.29) is 11.7 Å². The third-order valence-electron chi connectivity index (χ3n) is 3.61. The molecule has 0 aliphatic carbocycles. The van der Waals surface area contributed by atoms with Crippen molar-refractivity contribution in [3.05, 3.63) is 35.6 Å². The van der Waals surface area contributed by atoms with Crippen molar-refractivity contribution >= 4 is 5.91 Å². The molecule has 0 bridgehead atoms. The minimum atomic E-state index is -0.624. The van der Waals surface area contributed by atoms with Crippen LogP contribution in [0.25, 0.3) is 0 Å². The van der Waals surface area contributed by atoms with E-state index in [1.54, 1.807) is 12.1 Å². The molecule has 2 rings (SSSR count). The number of nitrogens with two attached hydrogens (primary N) is 1. The summed E-state index contributed by atoms with van der Waals surface area (Å²) in [6.45, 7) is 1.92. The summed E-state index contributed by atoms with van der Waals surface area (Å²) in [5, 5.41) is 2.84. The van der Waals surface area contributed by atoms with Gasteiger partial charge in [-0.05, 0) is 30.5 Å². The van der Waals surface area contributed by atoms with E-state index in [0.717, 1.165) is 5.56 Å². The molecule has 0 unspecified atom stereocenters. The van der Waals surface area contributed by atoms with Gasteiger partial charge in [0.25, 0.3) is 0 Å². The molecule has 1 aromatic carbocycles. The maximum Gasteiger partial charge on any atom is 0.230 e. The molecule has 1 heterocycles. The van der Waals surface area contributed by atoms with E-state index in [0.29, 0.717) is 39.1 Å². The van der Waals surface area contributed by atoms with Crippen LogP contribution in [0.1, 0.15) is 18.4 Å². The van der Waals surface area contributed by atoms with E-state index in [4.69, 9.17) is 10.5 Å². The largest absolute Gasteiger partial charge is 0.381 e. The molecule has 5 heteroatoms. The summed E-state index contributed by atoms with van der Waals surface area (Å²) >= 11 is 0. The van der Waals surface area contributed by atoms with E-state index >= 15 is 0 Å². The van der Waals surface area contributed by atoms with Gasteiger partial charge in [0.1, 0.15) is 5.82 Å². The number of ether oxygens (including phenoxy) is 1. The van der Waals surface area contributed by atoms with E-state index in [2.05, 4.69) is 5.32 Å². The molecule has 0 aromatic heterocycles. The Bertz CT molecular complexity index is 428. The molecule has 0 radical (unpaired) electrons. The second kappa shape index (κ2) is 6.12. The van der Waals surface area contributed by atoms with Gasteiger partial charge in [0.15, 0.2) is 0 Å². The number of halogens is 1. The number of hydrogen-bond donors (Lipinski definition) is 2. The second-order valence-electron chi connectivity index (χ2n) is 4.75. The lowest BCUT2D eigenvalue weighted by molar-refractivity contribution is -0.130. The van der Waals surface area contributed by atoms with Crippen LogP contribution in [0.5, 0.6) is 0 Å². The highest BCUT2D eigenvalue weighted by Gasteiger charge is 2.41. The number of benzene rings is 1. The molecule has 1 aliphatic rings. The summed E-state index contributed by atoms with van der Waals surface area (Å²) in [4.78, 5) is 12.4. The summed E-state index contributed by atoms with van der Waals surface area (Å²) in [7, 11) is 0. The Morgan fingerprint density at radius 3 is 2.53 bits per heavy atom. The Kier molecular flexibility index (Phi) is 4.50. The molecule has 104 valence electrons. The number of amides is 1. The Labute approximate surface area is 112 Å². The minimum Gasteiger partial charge on any atom is -0.381 e. The van der Waals surface area contributed by atoms with Crippen LogP contribution in [0.3, 0.4) is 0 Å². The smallest absolute Gasteiger partial charge is 0.230 e. The summed E-state index contributed by atoms with van der Waals surface area (Å²) in [5.74, 6) is -0.346. The molecule has 19 heavy (non-hydrogen) atoms. The number of nitrogens with one attached hydrogen (secondary N) is 1. The fourth-order valence-corrected chi connectivity index (χ4v) is 2.49. The Morgan fingerprint density at radius 1 is 1.32 bits per heavy atom. The third-order valence-corrected chi connectivity index (χ3v) is 3.61. The van der Waals surface area contributed by atoms with Gasteiger partial charge in [-0.1, -0.05) is 12.1 Å². The van der Waals surface area contributed by atoms with E-state index in [1.165, 1.54) is 12.1 Å². The fourth-order valence-electron chi connectivity index (χ4n) is 2.49. The maximum absolute atomic E-state index is 13.0. The highest BCUT2D eigenvalue weighted by atomic mass is 19.1. The van der Waals surface area contributed by atoms with E-state index in [9.17, 15) is 9.18 Å². The van der Waals surface area contributed by atoms with Gasteiger partial charge in [-0.3, -0.25) is 4.79 Å². The lowest BCUT2D eigenvalue weighted by Gasteiger charge is -2.36. The minimum absolute atomic E-state index is 0.0483. The lowest BCUT2D eigenvalue weighted by Crippen LogP contribution is -2.49. The number of hydrogen-bond acceptors (Lipinski definition) is 3. The molecule has 1 saturated heterocycles. The topological polar surface area (TPSA) is 64.3 Å².